The molecule has 0 saturated carbocycles. The SMILES string of the molecule is C[C@@H]1CN(C(=O)Cc2ccc3ccccc3c2)CCN1.Cl. The summed E-state index contributed by atoms with van der Waals surface area (Å²) >= 11 is 0. The molecule has 0 aromatic heterocycles. The number of hydrogen-bond donors (Lipinski definition) is 1. The van der Waals surface area contributed by atoms with Crippen LogP contribution >= 0.6 is 12.4 Å². The third-order valence-electron chi connectivity index (χ3n) is 3.89. The number of rotatable bonds is 2. The van der Waals surface area contributed by atoms with Crippen molar-refractivity contribution in [3.63, 3.8) is 0 Å². The van der Waals surface area contributed by atoms with Gasteiger partial charge in [0.25, 0.3) is 0 Å². The first-order valence-corrected chi connectivity index (χ1v) is 7.21. The molecule has 4 heteroatoms. The van der Waals surface area contributed by atoms with E-state index in [4.69, 9.17) is 0 Å². The number of fused-ring (bicyclic) bond motifs is 1. The van der Waals surface area contributed by atoms with Gasteiger partial charge in [0.1, 0.15) is 0 Å². The number of carbonyl (C=O) groups is 1. The van der Waals surface area contributed by atoms with Crippen molar-refractivity contribution >= 4 is 29.1 Å². The second-order valence-electron chi connectivity index (χ2n) is 5.55. The Bertz CT molecular complexity index is 629. The maximum absolute atomic E-state index is 12.3. The quantitative estimate of drug-likeness (QED) is 0.925. The van der Waals surface area contributed by atoms with Crippen molar-refractivity contribution in [2.75, 3.05) is 19.6 Å². The van der Waals surface area contributed by atoms with E-state index >= 15 is 0 Å². The summed E-state index contributed by atoms with van der Waals surface area (Å²) < 4.78 is 0. The molecule has 1 N–H and O–H groups in total. The number of nitrogens with zero attached hydrogens (tertiary/aromatic N) is 1. The van der Waals surface area contributed by atoms with Gasteiger partial charge in [0, 0.05) is 25.7 Å². The Morgan fingerprint density at radius 2 is 2.00 bits per heavy atom. The third-order valence-corrected chi connectivity index (χ3v) is 3.89. The van der Waals surface area contributed by atoms with Crippen LogP contribution in [0, 0.1) is 0 Å². The molecule has 0 bridgehead atoms. The van der Waals surface area contributed by atoms with E-state index in [-0.39, 0.29) is 18.3 Å². The number of nitrogens with one attached hydrogen (secondary N) is 1. The van der Waals surface area contributed by atoms with E-state index in [9.17, 15) is 4.79 Å². The van der Waals surface area contributed by atoms with Gasteiger partial charge >= 0.3 is 0 Å². The van der Waals surface area contributed by atoms with Gasteiger partial charge in [0.15, 0.2) is 0 Å². The molecule has 3 rings (SSSR count). The summed E-state index contributed by atoms with van der Waals surface area (Å²) in [5, 5.41) is 5.78. The van der Waals surface area contributed by atoms with Gasteiger partial charge in [-0.25, -0.2) is 0 Å². The molecule has 1 aliphatic rings. The minimum atomic E-state index is 0. The molecule has 2 aromatic carbocycles. The predicted molar refractivity (Wildman–Crippen MR) is 88.9 cm³/mol. The van der Waals surface area contributed by atoms with Crippen LogP contribution in [0.1, 0.15) is 12.5 Å². The summed E-state index contributed by atoms with van der Waals surface area (Å²) in [5.41, 5.74) is 1.10. The normalized spacial score (nSPS) is 18.3. The molecule has 2 aromatic rings. The van der Waals surface area contributed by atoms with Crippen molar-refractivity contribution in [1.82, 2.24) is 10.2 Å². The Labute approximate surface area is 131 Å². The molecule has 1 atom stereocenters. The molecule has 0 spiro atoms. The lowest BCUT2D eigenvalue weighted by Crippen LogP contribution is -2.51. The molecule has 1 heterocycles. The van der Waals surface area contributed by atoms with E-state index in [0.717, 1.165) is 25.2 Å². The van der Waals surface area contributed by atoms with Gasteiger partial charge in [-0.1, -0.05) is 42.5 Å². The Morgan fingerprint density at radius 1 is 1.24 bits per heavy atom. The second-order valence-corrected chi connectivity index (χ2v) is 5.55. The average Bonchev–Trinajstić information content (AvgIpc) is 2.47. The first kappa shape index (κ1) is 15.8. The van der Waals surface area contributed by atoms with Gasteiger partial charge in [-0.15, -0.1) is 12.4 Å². The molecule has 1 amide bonds. The maximum Gasteiger partial charge on any atom is 0.227 e. The van der Waals surface area contributed by atoms with Crippen LogP contribution in [0.4, 0.5) is 0 Å². The first-order chi connectivity index (χ1) is 9.72. The lowest BCUT2D eigenvalue weighted by Gasteiger charge is -2.32. The number of carbonyl (C=O) groups excluding carboxylic acids is 1. The highest BCUT2D eigenvalue weighted by Crippen LogP contribution is 2.16. The van der Waals surface area contributed by atoms with Crippen molar-refractivity contribution in [2.45, 2.75) is 19.4 Å². The van der Waals surface area contributed by atoms with E-state index in [0.29, 0.717) is 12.5 Å². The maximum atomic E-state index is 12.3. The van der Waals surface area contributed by atoms with Crippen LogP contribution < -0.4 is 5.32 Å². The molecule has 1 aliphatic heterocycles. The minimum absolute atomic E-state index is 0. The smallest absolute Gasteiger partial charge is 0.227 e. The fourth-order valence-electron chi connectivity index (χ4n) is 2.79. The molecule has 112 valence electrons. The van der Waals surface area contributed by atoms with E-state index in [1.165, 1.54) is 10.8 Å². The predicted octanol–water partition coefficient (Wildman–Crippen LogP) is 2.62. The van der Waals surface area contributed by atoms with Crippen LogP contribution in [0.5, 0.6) is 0 Å². The zero-order valence-corrected chi connectivity index (χ0v) is 13.0. The lowest BCUT2D eigenvalue weighted by atomic mass is 10.0. The second kappa shape index (κ2) is 6.92. The fraction of sp³-hybridized carbons (Fsp3) is 0.353. The van der Waals surface area contributed by atoms with E-state index in [2.05, 4.69) is 42.6 Å². The molecule has 3 nitrogen and oxygen atoms in total. The van der Waals surface area contributed by atoms with Crippen LogP contribution in [0.25, 0.3) is 10.8 Å². The molecule has 0 radical (unpaired) electrons. The van der Waals surface area contributed by atoms with Crippen LogP contribution in [-0.2, 0) is 11.2 Å². The zero-order valence-electron chi connectivity index (χ0n) is 12.2. The van der Waals surface area contributed by atoms with Crippen molar-refractivity contribution in [1.29, 1.82) is 0 Å². The van der Waals surface area contributed by atoms with Gasteiger partial charge in [-0.2, -0.15) is 0 Å². The van der Waals surface area contributed by atoms with Crippen molar-refractivity contribution in [2.24, 2.45) is 0 Å². The van der Waals surface area contributed by atoms with Crippen molar-refractivity contribution in [3.05, 3.63) is 48.0 Å². The van der Waals surface area contributed by atoms with Crippen molar-refractivity contribution < 1.29 is 4.79 Å². The molecule has 0 unspecified atom stereocenters. The van der Waals surface area contributed by atoms with Crippen LogP contribution in [0.2, 0.25) is 0 Å². The van der Waals surface area contributed by atoms with Gasteiger partial charge in [-0.3, -0.25) is 4.79 Å². The Morgan fingerprint density at radius 3 is 2.76 bits per heavy atom. The topological polar surface area (TPSA) is 32.3 Å². The summed E-state index contributed by atoms with van der Waals surface area (Å²) in [7, 11) is 0. The van der Waals surface area contributed by atoms with E-state index in [1.54, 1.807) is 0 Å². The molecule has 21 heavy (non-hydrogen) atoms. The summed E-state index contributed by atoms with van der Waals surface area (Å²) in [6.07, 6.45) is 0.498. The number of hydrogen-bond acceptors (Lipinski definition) is 2. The van der Waals surface area contributed by atoms with Gasteiger partial charge in [0.05, 0.1) is 6.42 Å². The number of benzene rings is 2. The molecular formula is C17H21ClN2O. The Balaban J connectivity index is 0.00000161. The first-order valence-electron chi connectivity index (χ1n) is 7.21. The van der Waals surface area contributed by atoms with Gasteiger partial charge in [0.2, 0.25) is 5.91 Å². The van der Waals surface area contributed by atoms with E-state index < -0.39 is 0 Å². The van der Waals surface area contributed by atoms with Gasteiger partial charge < -0.3 is 10.2 Å². The third kappa shape index (κ3) is 3.74. The fourth-order valence-corrected chi connectivity index (χ4v) is 2.79. The molecular weight excluding hydrogens is 284 g/mol. The summed E-state index contributed by atoms with van der Waals surface area (Å²) in [5.74, 6) is 0.230. The number of piperazine rings is 1. The lowest BCUT2D eigenvalue weighted by molar-refractivity contribution is -0.131. The summed E-state index contributed by atoms with van der Waals surface area (Å²) in [6, 6.07) is 14.9. The van der Waals surface area contributed by atoms with Gasteiger partial charge in [-0.05, 0) is 23.3 Å². The average molecular weight is 305 g/mol. The van der Waals surface area contributed by atoms with Crippen LogP contribution in [0.15, 0.2) is 42.5 Å². The Kier molecular flexibility index (Phi) is 5.21. The van der Waals surface area contributed by atoms with Crippen LogP contribution in [0.3, 0.4) is 0 Å². The summed E-state index contributed by atoms with van der Waals surface area (Å²) in [4.78, 5) is 14.3. The standard InChI is InChI=1S/C17H20N2O.ClH/c1-13-12-19(9-8-18-13)17(20)11-14-6-7-15-4-2-3-5-16(15)10-14;/h2-7,10,13,18H,8-9,11-12H2,1H3;1H/t13-;/m1./s1. The molecule has 1 fully saturated rings. The zero-order chi connectivity index (χ0) is 13.9. The van der Waals surface area contributed by atoms with Crippen LogP contribution in [-0.4, -0.2) is 36.5 Å². The molecule has 1 saturated heterocycles. The highest BCUT2D eigenvalue weighted by Gasteiger charge is 2.20. The van der Waals surface area contributed by atoms with E-state index in [1.807, 2.05) is 17.0 Å². The number of halogens is 1. The summed E-state index contributed by atoms with van der Waals surface area (Å²) in [6.45, 7) is 4.64. The Hall–Kier alpha value is -1.58. The highest BCUT2D eigenvalue weighted by molar-refractivity contribution is 5.86. The highest BCUT2D eigenvalue weighted by atomic mass is 35.5. The molecule has 0 aliphatic carbocycles. The monoisotopic (exact) mass is 304 g/mol. The minimum Gasteiger partial charge on any atom is -0.340 e. The largest absolute Gasteiger partial charge is 0.340 e. The van der Waals surface area contributed by atoms with Crippen molar-refractivity contribution in [3.8, 4) is 0 Å². The number of amides is 1.